The number of nitrogens with zero attached hydrogens (tertiary/aromatic N) is 2. The van der Waals surface area contributed by atoms with Gasteiger partial charge in [-0.3, -0.25) is 19.5 Å². The second-order valence-corrected chi connectivity index (χ2v) is 8.11. The summed E-state index contributed by atoms with van der Waals surface area (Å²) in [7, 11) is 1.48. The fraction of sp³-hybridized carbons (Fsp3) is 0.192. The van der Waals surface area contributed by atoms with Crippen LogP contribution in [0.1, 0.15) is 33.9 Å². The Morgan fingerprint density at radius 3 is 2.48 bits per heavy atom. The summed E-state index contributed by atoms with van der Waals surface area (Å²) < 4.78 is 5.50. The van der Waals surface area contributed by atoms with Gasteiger partial charge in [0.2, 0.25) is 0 Å². The third-order valence-electron chi connectivity index (χ3n) is 5.71. The summed E-state index contributed by atoms with van der Waals surface area (Å²) in [5, 5.41) is 21.9. The van der Waals surface area contributed by atoms with E-state index in [1.54, 1.807) is 36.5 Å². The van der Waals surface area contributed by atoms with E-state index in [0.29, 0.717) is 16.9 Å². The Labute approximate surface area is 191 Å². The number of amides is 1. The van der Waals surface area contributed by atoms with E-state index < -0.39 is 17.7 Å². The van der Waals surface area contributed by atoms with Gasteiger partial charge in [-0.1, -0.05) is 18.2 Å². The monoisotopic (exact) mass is 444 g/mol. The van der Waals surface area contributed by atoms with Crippen molar-refractivity contribution in [2.24, 2.45) is 0 Å². The number of aliphatic hydroxyl groups is 1. The molecule has 2 N–H and O–H groups in total. The highest BCUT2D eigenvalue weighted by atomic mass is 16.5. The van der Waals surface area contributed by atoms with E-state index in [2.05, 4.69) is 4.98 Å². The SMILES string of the molecule is COc1c(C)cc(C)cc1/C(O)=C1\C(=O)C(=O)N(c2cc(C)ccc2O)C1c1cccnc1. The van der Waals surface area contributed by atoms with Gasteiger partial charge in [0.05, 0.1) is 30.0 Å². The maximum Gasteiger partial charge on any atom is 0.300 e. The molecule has 1 unspecified atom stereocenters. The summed E-state index contributed by atoms with van der Waals surface area (Å²) in [5.41, 5.74) is 3.35. The maximum atomic E-state index is 13.3. The number of phenolic OH excluding ortho intramolecular Hbond substituents is 1. The van der Waals surface area contributed by atoms with Crippen LogP contribution in [-0.4, -0.2) is 34.0 Å². The molecule has 0 bridgehead atoms. The Morgan fingerprint density at radius 2 is 1.82 bits per heavy atom. The van der Waals surface area contributed by atoms with E-state index >= 15 is 0 Å². The number of phenols is 1. The van der Waals surface area contributed by atoms with Gasteiger partial charge in [0.15, 0.2) is 0 Å². The zero-order chi connectivity index (χ0) is 23.9. The van der Waals surface area contributed by atoms with Crippen LogP contribution in [0.2, 0.25) is 0 Å². The van der Waals surface area contributed by atoms with E-state index in [1.165, 1.54) is 24.3 Å². The van der Waals surface area contributed by atoms with Crippen LogP contribution in [0.4, 0.5) is 5.69 Å². The molecule has 1 aromatic heterocycles. The number of ether oxygens (including phenoxy) is 1. The lowest BCUT2D eigenvalue weighted by molar-refractivity contribution is -0.132. The van der Waals surface area contributed by atoms with Crippen LogP contribution < -0.4 is 9.64 Å². The Bertz CT molecular complexity index is 1300. The molecule has 1 fully saturated rings. The molecule has 4 rings (SSSR count). The minimum atomic E-state index is -0.989. The second kappa shape index (κ2) is 8.43. The van der Waals surface area contributed by atoms with Crippen molar-refractivity contribution in [1.29, 1.82) is 0 Å². The van der Waals surface area contributed by atoms with Gasteiger partial charge in [0.25, 0.3) is 11.7 Å². The highest BCUT2D eigenvalue weighted by molar-refractivity contribution is 6.52. The maximum absolute atomic E-state index is 13.3. The average Bonchev–Trinajstić information content (AvgIpc) is 3.05. The summed E-state index contributed by atoms with van der Waals surface area (Å²) in [5.74, 6) is -1.80. The fourth-order valence-electron chi connectivity index (χ4n) is 4.31. The molecule has 1 aliphatic heterocycles. The van der Waals surface area contributed by atoms with Gasteiger partial charge in [0.1, 0.15) is 17.3 Å². The second-order valence-electron chi connectivity index (χ2n) is 8.11. The topological polar surface area (TPSA) is 100.0 Å². The minimum Gasteiger partial charge on any atom is -0.507 e. The predicted octanol–water partition coefficient (Wildman–Crippen LogP) is 4.35. The molecule has 1 aliphatic rings. The molecule has 2 heterocycles. The molecule has 1 atom stereocenters. The van der Waals surface area contributed by atoms with Crippen LogP contribution >= 0.6 is 0 Å². The highest BCUT2D eigenvalue weighted by Gasteiger charge is 2.48. The standard InChI is InChI=1S/C26H24N2O5/c1-14-7-8-20(29)19(12-14)28-22(17-6-5-9-27-13-17)21(24(31)26(28)32)23(30)18-11-15(2)10-16(3)25(18)33-4/h5-13,22,29-30H,1-4H3/b23-21+. The molecular weight excluding hydrogens is 420 g/mol. The van der Waals surface area contributed by atoms with Gasteiger partial charge in [-0.2, -0.15) is 0 Å². The number of aryl methyl sites for hydroxylation is 3. The van der Waals surface area contributed by atoms with Crippen LogP contribution in [0.3, 0.4) is 0 Å². The van der Waals surface area contributed by atoms with Crippen molar-refractivity contribution in [3.8, 4) is 11.5 Å². The Hall–Kier alpha value is -4.13. The number of carbonyl (C=O) groups is 2. The predicted molar refractivity (Wildman–Crippen MR) is 124 cm³/mol. The normalized spacial score (nSPS) is 17.5. The lowest BCUT2D eigenvalue weighted by Crippen LogP contribution is -2.29. The molecule has 7 heteroatoms. The Kier molecular flexibility index (Phi) is 5.64. The number of benzene rings is 2. The molecule has 168 valence electrons. The number of Topliss-reactive ketones (excluding diaryl/α,β-unsaturated/α-hetero) is 1. The average molecular weight is 444 g/mol. The van der Waals surface area contributed by atoms with E-state index in [0.717, 1.165) is 16.7 Å². The molecule has 7 nitrogen and oxygen atoms in total. The molecule has 0 saturated carbocycles. The van der Waals surface area contributed by atoms with Crippen LogP contribution in [0, 0.1) is 20.8 Å². The molecule has 1 amide bonds. The molecule has 0 spiro atoms. The summed E-state index contributed by atoms with van der Waals surface area (Å²) in [4.78, 5) is 31.9. The lowest BCUT2D eigenvalue weighted by Gasteiger charge is -2.26. The lowest BCUT2D eigenvalue weighted by atomic mass is 9.94. The van der Waals surface area contributed by atoms with E-state index in [-0.39, 0.29) is 22.8 Å². The van der Waals surface area contributed by atoms with E-state index in [4.69, 9.17) is 4.74 Å². The van der Waals surface area contributed by atoms with Crippen molar-refractivity contribution in [2.45, 2.75) is 26.8 Å². The highest BCUT2D eigenvalue weighted by Crippen LogP contribution is 2.45. The molecule has 33 heavy (non-hydrogen) atoms. The van der Waals surface area contributed by atoms with Gasteiger partial charge in [-0.15, -0.1) is 0 Å². The number of pyridine rings is 1. The number of anilines is 1. The number of ketones is 1. The minimum absolute atomic E-state index is 0.0998. The summed E-state index contributed by atoms with van der Waals surface area (Å²) in [6, 6.07) is 10.8. The Balaban J connectivity index is 2.03. The number of carbonyl (C=O) groups excluding carboxylic acids is 2. The summed E-state index contributed by atoms with van der Waals surface area (Å²) >= 11 is 0. The molecule has 1 saturated heterocycles. The quantitative estimate of drug-likeness (QED) is 0.353. The smallest absolute Gasteiger partial charge is 0.300 e. The number of methoxy groups -OCH3 is 1. The number of aromatic nitrogens is 1. The van der Waals surface area contributed by atoms with E-state index in [1.807, 2.05) is 26.8 Å². The van der Waals surface area contributed by atoms with Crippen molar-refractivity contribution < 1.29 is 24.5 Å². The molecule has 3 aromatic rings. The van der Waals surface area contributed by atoms with Crippen molar-refractivity contribution >= 4 is 23.1 Å². The Morgan fingerprint density at radius 1 is 1.06 bits per heavy atom. The van der Waals surface area contributed by atoms with Gasteiger partial charge in [-0.05, 0) is 67.3 Å². The number of aromatic hydroxyl groups is 1. The fourth-order valence-corrected chi connectivity index (χ4v) is 4.31. The van der Waals surface area contributed by atoms with Gasteiger partial charge in [0, 0.05) is 12.4 Å². The third-order valence-corrected chi connectivity index (χ3v) is 5.71. The number of rotatable bonds is 4. The summed E-state index contributed by atoms with van der Waals surface area (Å²) in [6.45, 7) is 5.52. The third kappa shape index (κ3) is 3.71. The van der Waals surface area contributed by atoms with Crippen molar-refractivity contribution in [1.82, 2.24) is 4.98 Å². The molecule has 0 radical (unpaired) electrons. The van der Waals surface area contributed by atoms with Crippen molar-refractivity contribution in [3.05, 3.63) is 88.2 Å². The van der Waals surface area contributed by atoms with Crippen LogP contribution in [0.15, 0.2) is 60.4 Å². The van der Waals surface area contributed by atoms with Gasteiger partial charge < -0.3 is 14.9 Å². The first-order valence-electron chi connectivity index (χ1n) is 10.4. The molecule has 0 aliphatic carbocycles. The van der Waals surface area contributed by atoms with Gasteiger partial charge >= 0.3 is 0 Å². The van der Waals surface area contributed by atoms with Gasteiger partial charge in [-0.25, -0.2) is 0 Å². The number of aliphatic hydroxyl groups excluding tert-OH is 1. The van der Waals surface area contributed by atoms with Crippen LogP contribution in [0.5, 0.6) is 11.5 Å². The molecular formula is C26H24N2O5. The zero-order valence-electron chi connectivity index (χ0n) is 18.8. The first kappa shape index (κ1) is 22.1. The van der Waals surface area contributed by atoms with Crippen molar-refractivity contribution in [3.63, 3.8) is 0 Å². The number of hydrogen-bond acceptors (Lipinski definition) is 6. The largest absolute Gasteiger partial charge is 0.507 e. The summed E-state index contributed by atoms with van der Waals surface area (Å²) in [6.07, 6.45) is 3.11. The first-order valence-corrected chi connectivity index (χ1v) is 10.4. The number of hydrogen-bond donors (Lipinski definition) is 2. The van der Waals surface area contributed by atoms with Crippen LogP contribution in [0.25, 0.3) is 5.76 Å². The first-order chi connectivity index (χ1) is 15.7. The van der Waals surface area contributed by atoms with E-state index in [9.17, 15) is 19.8 Å². The zero-order valence-corrected chi connectivity index (χ0v) is 18.8. The van der Waals surface area contributed by atoms with Crippen molar-refractivity contribution in [2.75, 3.05) is 12.0 Å². The molecule has 2 aromatic carbocycles. The van der Waals surface area contributed by atoms with Crippen LogP contribution in [-0.2, 0) is 9.59 Å².